The summed E-state index contributed by atoms with van der Waals surface area (Å²) in [5.41, 5.74) is 2.30. The molecule has 0 aliphatic carbocycles. The van der Waals surface area contributed by atoms with Crippen molar-refractivity contribution in [3.63, 3.8) is 0 Å². The van der Waals surface area contributed by atoms with Crippen LogP contribution in [0.15, 0.2) is 65.7 Å². The summed E-state index contributed by atoms with van der Waals surface area (Å²) >= 11 is 0. The molecule has 1 heterocycles. The van der Waals surface area contributed by atoms with Crippen molar-refractivity contribution in [1.29, 1.82) is 0 Å². The lowest BCUT2D eigenvalue weighted by atomic mass is 9.93. The van der Waals surface area contributed by atoms with E-state index in [1.54, 1.807) is 0 Å². The van der Waals surface area contributed by atoms with Crippen LogP contribution in [0.3, 0.4) is 0 Å². The number of rotatable bonds is 6. The minimum atomic E-state index is -0.342. The van der Waals surface area contributed by atoms with E-state index < -0.39 is 0 Å². The van der Waals surface area contributed by atoms with Gasteiger partial charge in [-0.1, -0.05) is 48.5 Å². The van der Waals surface area contributed by atoms with Gasteiger partial charge in [0.15, 0.2) is 5.96 Å². The van der Waals surface area contributed by atoms with Crippen LogP contribution in [0.1, 0.15) is 44.1 Å². The van der Waals surface area contributed by atoms with Gasteiger partial charge in [-0.2, -0.15) is 0 Å². The highest BCUT2D eigenvalue weighted by Gasteiger charge is 2.18. The van der Waals surface area contributed by atoms with Gasteiger partial charge in [0, 0.05) is 31.2 Å². The molecular weight excluding hydrogens is 334 g/mol. The maximum absolute atomic E-state index is 9.96. The number of guanidine groups is 1. The number of nitrogens with one attached hydrogen (secondary N) is 1. The Morgan fingerprint density at radius 1 is 1.00 bits per heavy atom. The minimum Gasteiger partial charge on any atom is -0.393 e. The van der Waals surface area contributed by atoms with Gasteiger partial charge in [0.2, 0.25) is 0 Å². The van der Waals surface area contributed by atoms with Crippen LogP contribution in [0.2, 0.25) is 0 Å². The Morgan fingerprint density at radius 2 is 1.63 bits per heavy atom. The van der Waals surface area contributed by atoms with Crippen LogP contribution in [0.5, 0.6) is 0 Å². The highest BCUT2D eigenvalue weighted by Crippen LogP contribution is 2.22. The van der Waals surface area contributed by atoms with Crippen molar-refractivity contribution < 1.29 is 5.11 Å². The predicted molar refractivity (Wildman–Crippen MR) is 113 cm³/mol. The molecule has 0 amide bonds. The highest BCUT2D eigenvalue weighted by molar-refractivity contribution is 5.93. The van der Waals surface area contributed by atoms with E-state index in [2.05, 4.69) is 46.6 Å². The van der Waals surface area contributed by atoms with Crippen molar-refractivity contribution in [2.75, 3.05) is 25.0 Å². The Balaban J connectivity index is 1.79. The highest BCUT2D eigenvalue weighted by atomic mass is 16.3. The van der Waals surface area contributed by atoms with E-state index in [0.29, 0.717) is 13.0 Å². The van der Waals surface area contributed by atoms with E-state index in [4.69, 9.17) is 4.99 Å². The summed E-state index contributed by atoms with van der Waals surface area (Å²) in [6.07, 6.45) is 4.10. The van der Waals surface area contributed by atoms with Crippen molar-refractivity contribution >= 4 is 11.6 Å². The monoisotopic (exact) mass is 365 g/mol. The maximum Gasteiger partial charge on any atom is 0.198 e. The van der Waals surface area contributed by atoms with E-state index in [0.717, 1.165) is 24.7 Å². The smallest absolute Gasteiger partial charge is 0.198 e. The van der Waals surface area contributed by atoms with Crippen LogP contribution >= 0.6 is 0 Å². The molecule has 2 atom stereocenters. The van der Waals surface area contributed by atoms with Gasteiger partial charge in [-0.15, -0.1) is 0 Å². The van der Waals surface area contributed by atoms with Crippen LogP contribution in [0, 0.1) is 0 Å². The Kier molecular flexibility index (Phi) is 7.28. The summed E-state index contributed by atoms with van der Waals surface area (Å²) in [4.78, 5) is 7.35. The Bertz CT molecular complexity index is 694. The molecule has 4 heteroatoms. The molecule has 1 fully saturated rings. The van der Waals surface area contributed by atoms with Crippen molar-refractivity contribution in [3.05, 3.63) is 66.2 Å². The van der Waals surface area contributed by atoms with Crippen LogP contribution in [-0.2, 0) is 0 Å². The average Bonchev–Trinajstić information content (AvgIpc) is 2.72. The second-order valence-corrected chi connectivity index (χ2v) is 7.40. The van der Waals surface area contributed by atoms with E-state index in [1.165, 1.54) is 24.8 Å². The molecule has 0 aromatic heterocycles. The second-order valence-electron chi connectivity index (χ2n) is 7.40. The zero-order chi connectivity index (χ0) is 18.9. The molecule has 3 rings (SSSR count). The Labute approximate surface area is 162 Å². The summed E-state index contributed by atoms with van der Waals surface area (Å²) in [5, 5.41) is 13.5. The first-order valence-corrected chi connectivity index (χ1v) is 10.1. The first kappa shape index (κ1) is 19.4. The molecule has 0 saturated carbocycles. The van der Waals surface area contributed by atoms with Crippen LogP contribution in [0.4, 0.5) is 5.69 Å². The van der Waals surface area contributed by atoms with Crippen molar-refractivity contribution in [1.82, 2.24) is 4.90 Å². The quantitative estimate of drug-likeness (QED) is 0.585. The van der Waals surface area contributed by atoms with Gasteiger partial charge in [-0.3, -0.25) is 4.99 Å². The van der Waals surface area contributed by atoms with Crippen LogP contribution in [0.25, 0.3) is 0 Å². The first-order chi connectivity index (χ1) is 13.2. The van der Waals surface area contributed by atoms with E-state index in [1.807, 2.05) is 31.2 Å². The maximum atomic E-state index is 9.96. The van der Waals surface area contributed by atoms with Crippen LogP contribution < -0.4 is 5.32 Å². The minimum absolute atomic E-state index is 0.212. The molecule has 2 aromatic carbocycles. The summed E-state index contributed by atoms with van der Waals surface area (Å²) in [7, 11) is 0. The summed E-state index contributed by atoms with van der Waals surface area (Å²) < 4.78 is 0. The number of para-hydroxylation sites is 1. The number of anilines is 1. The zero-order valence-corrected chi connectivity index (χ0v) is 16.2. The largest absolute Gasteiger partial charge is 0.393 e. The van der Waals surface area contributed by atoms with E-state index in [-0.39, 0.29) is 12.0 Å². The molecule has 4 nitrogen and oxygen atoms in total. The van der Waals surface area contributed by atoms with Gasteiger partial charge >= 0.3 is 0 Å². The third-order valence-corrected chi connectivity index (χ3v) is 5.04. The zero-order valence-electron chi connectivity index (χ0n) is 16.2. The third kappa shape index (κ3) is 6.10. The Morgan fingerprint density at radius 3 is 2.26 bits per heavy atom. The number of aliphatic hydroxyl groups is 1. The Hall–Kier alpha value is -2.33. The second kappa shape index (κ2) is 10.1. The van der Waals surface area contributed by atoms with Gasteiger partial charge < -0.3 is 15.3 Å². The number of piperidine rings is 1. The standard InChI is InChI=1S/C23H31N3O/c1-19(27)17-21(20-11-5-2-6-12-20)18-24-23(26-15-9-4-10-16-26)25-22-13-7-3-8-14-22/h2-3,5-8,11-14,19,21,27H,4,9-10,15-18H2,1H3,(H,24,25). The molecule has 1 aliphatic heterocycles. The fourth-order valence-electron chi connectivity index (χ4n) is 3.62. The average molecular weight is 366 g/mol. The molecule has 27 heavy (non-hydrogen) atoms. The van der Waals surface area contributed by atoms with Crippen molar-refractivity contribution in [2.45, 2.75) is 44.6 Å². The molecule has 2 aromatic rings. The van der Waals surface area contributed by atoms with Crippen LogP contribution in [-0.4, -0.2) is 41.7 Å². The fourth-order valence-corrected chi connectivity index (χ4v) is 3.62. The van der Waals surface area contributed by atoms with Gasteiger partial charge in [0.25, 0.3) is 0 Å². The molecular formula is C23H31N3O. The van der Waals surface area contributed by atoms with Gasteiger partial charge in [-0.25, -0.2) is 0 Å². The fraction of sp³-hybridized carbons (Fsp3) is 0.435. The number of hydrogen-bond donors (Lipinski definition) is 2. The predicted octanol–water partition coefficient (Wildman–Crippen LogP) is 4.50. The SMILES string of the molecule is CC(O)CC(CN=C(Nc1ccccc1)N1CCCCC1)c1ccccc1. The van der Waals surface area contributed by atoms with Gasteiger partial charge in [-0.05, 0) is 50.3 Å². The van der Waals surface area contributed by atoms with Gasteiger partial charge in [0.05, 0.1) is 6.10 Å². The normalized spacial score (nSPS) is 17.4. The van der Waals surface area contributed by atoms with Crippen molar-refractivity contribution in [3.8, 4) is 0 Å². The molecule has 1 saturated heterocycles. The molecule has 1 aliphatic rings. The van der Waals surface area contributed by atoms with E-state index >= 15 is 0 Å². The molecule has 2 unspecified atom stereocenters. The lowest BCUT2D eigenvalue weighted by molar-refractivity contribution is 0.175. The number of hydrogen-bond acceptors (Lipinski definition) is 2. The van der Waals surface area contributed by atoms with E-state index in [9.17, 15) is 5.11 Å². The number of likely N-dealkylation sites (tertiary alicyclic amines) is 1. The number of aliphatic imine (C=N–C) groups is 1. The lowest BCUT2D eigenvalue weighted by Gasteiger charge is -2.30. The molecule has 2 N–H and O–H groups in total. The molecule has 0 spiro atoms. The summed E-state index contributed by atoms with van der Waals surface area (Å²) in [6.45, 7) is 4.62. The number of benzene rings is 2. The number of nitrogens with zero attached hydrogens (tertiary/aromatic N) is 2. The summed E-state index contributed by atoms with van der Waals surface area (Å²) in [5.74, 6) is 1.16. The number of aliphatic hydroxyl groups excluding tert-OH is 1. The molecule has 0 radical (unpaired) electrons. The molecule has 0 bridgehead atoms. The van der Waals surface area contributed by atoms with Gasteiger partial charge in [0.1, 0.15) is 0 Å². The first-order valence-electron chi connectivity index (χ1n) is 10.1. The topological polar surface area (TPSA) is 47.9 Å². The lowest BCUT2D eigenvalue weighted by Crippen LogP contribution is -2.40. The third-order valence-electron chi connectivity index (χ3n) is 5.04. The summed E-state index contributed by atoms with van der Waals surface area (Å²) in [6, 6.07) is 20.7. The van der Waals surface area contributed by atoms with Crippen molar-refractivity contribution in [2.24, 2.45) is 4.99 Å². The molecule has 144 valence electrons.